The second-order valence-corrected chi connectivity index (χ2v) is 8.09. The number of anilines is 2. The molecule has 0 saturated heterocycles. The molecule has 0 fully saturated rings. The Morgan fingerprint density at radius 3 is 2.78 bits per heavy atom. The second kappa shape index (κ2) is 9.27. The van der Waals surface area contributed by atoms with E-state index in [0.717, 1.165) is 11.1 Å². The predicted molar refractivity (Wildman–Crippen MR) is 123 cm³/mol. The molecule has 1 aromatic heterocycles. The molecule has 0 bridgehead atoms. The lowest BCUT2D eigenvalue weighted by molar-refractivity contribution is -0.122. The zero-order valence-electron chi connectivity index (χ0n) is 17.9. The third-order valence-electron chi connectivity index (χ3n) is 5.05. The molecule has 0 saturated carbocycles. The van der Waals surface area contributed by atoms with Crippen LogP contribution >= 0.6 is 11.3 Å². The summed E-state index contributed by atoms with van der Waals surface area (Å²) in [6.07, 6.45) is 0.353. The first-order valence-corrected chi connectivity index (χ1v) is 10.9. The molecule has 2 N–H and O–H groups in total. The van der Waals surface area contributed by atoms with Gasteiger partial charge in [0.15, 0.2) is 22.7 Å². The number of hydrogen-bond acceptors (Lipinski definition) is 7. The molecule has 8 nitrogen and oxygen atoms in total. The maximum atomic E-state index is 12.4. The molecule has 166 valence electrons. The van der Waals surface area contributed by atoms with Crippen LogP contribution in [0, 0.1) is 0 Å². The van der Waals surface area contributed by atoms with Crippen LogP contribution in [0.1, 0.15) is 18.9 Å². The minimum Gasteiger partial charge on any atom is -0.493 e. The molecule has 32 heavy (non-hydrogen) atoms. The Balaban J connectivity index is 1.38. The summed E-state index contributed by atoms with van der Waals surface area (Å²) >= 11 is 1.35. The normalized spacial score (nSPS) is 14.7. The smallest absolute Gasteiger partial charge is 0.265 e. The Labute approximate surface area is 189 Å². The van der Waals surface area contributed by atoms with Crippen LogP contribution in [0.25, 0.3) is 11.3 Å². The molecule has 9 heteroatoms. The van der Waals surface area contributed by atoms with Gasteiger partial charge in [0.1, 0.15) is 5.75 Å². The Morgan fingerprint density at radius 2 is 2.00 bits per heavy atom. The van der Waals surface area contributed by atoms with Gasteiger partial charge in [0.05, 0.1) is 25.6 Å². The van der Waals surface area contributed by atoms with Crippen molar-refractivity contribution in [3.8, 4) is 28.5 Å². The summed E-state index contributed by atoms with van der Waals surface area (Å²) in [6, 6.07) is 11.1. The van der Waals surface area contributed by atoms with Crippen molar-refractivity contribution in [1.29, 1.82) is 0 Å². The van der Waals surface area contributed by atoms with E-state index in [0.29, 0.717) is 46.6 Å². The number of methoxy groups -OCH3 is 2. The molecular weight excluding hydrogens is 430 g/mol. The lowest BCUT2D eigenvalue weighted by Gasteiger charge is -2.23. The average molecular weight is 454 g/mol. The van der Waals surface area contributed by atoms with E-state index in [2.05, 4.69) is 15.6 Å². The predicted octanol–water partition coefficient (Wildman–Crippen LogP) is 4.12. The molecule has 4 rings (SSSR count). The third kappa shape index (κ3) is 4.67. The topological polar surface area (TPSA) is 98.8 Å². The fourth-order valence-corrected chi connectivity index (χ4v) is 4.04. The number of nitrogens with one attached hydrogen (secondary N) is 2. The van der Waals surface area contributed by atoms with Crippen LogP contribution < -0.4 is 24.8 Å². The number of ether oxygens (including phenoxy) is 3. The van der Waals surface area contributed by atoms with Crippen LogP contribution in [0.5, 0.6) is 17.2 Å². The molecular formula is C23H23N3O5S. The molecule has 1 aliphatic rings. The summed E-state index contributed by atoms with van der Waals surface area (Å²) in [5.74, 6) is 1.60. The van der Waals surface area contributed by atoms with Gasteiger partial charge in [0.2, 0.25) is 5.91 Å². The Bertz CT molecular complexity index is 1160. The first-order chi connectivity index (χ1) is 15.5. The van der Waals surface area contributed by atoms with Crippen molar-refractivity contribution in [2.75, 3.05) is 24.9 Å². The van der Waals surface area contributed by atoms with Gasteiger partial charge in [0.25, 0.3) is 5.91 Å². The van der Waals surface area contributed by atoms with Crippen LogP contribution in [-0.2, 0) is 16.0 Å². The van der Waals surface area contributed by atoms with E-state index in [1.54, 1.807) is 27.2 Å². The van der Waals surface area contributed by atoms with Crippen molar-refractivity contribution < 1.29 is 23.8 Å². The molecule has 0 spiro atoms. The first-order valence-electron chi connectivity index (χ1n) is 10.0. The second-order valence-electron chi connectivity index (χ2n) is 7.24. The third-order valence-corrected chi connectivity index (χ3v) is 5.80. The fourth-order valence-electron chi connectivity index (χ4n) is 3.31. The van der Waals surface area contributed by atoms with E-state index in [1.807, 2.05) is 35.7 Å². The van der Waals surface area contributed by atoms with Crippen LogP contribution in [0.3, 0.4) is 0 Å². The van der Waals surface area contributed by atoms with Gasteiger partial charge in [0, 0.05) is 17.4 Å². The Hall–Kier alpha value is -3.59. The highest BCUT2D eigenvalue weighted by Crippen LogP contribution is 2.35. The van der Waals surface area contributed by atoms with Crippen molar-refractivity contribution in [3.63, 3.8) is 0 Å². The molecule has 0 aliphatic carbocycles. The fraction of sp³-hybridized carbons (Fsp3) is 0.261. The van der Waals surface area contributed by atoms with Gasteiger partial charge in [-0.1, -0.05) is 6.07 Å². The number of aryl methyl sites for hydroxylation is 1. The van der Waals surface area contributed by atoms with Crippen molar-refractivity contribution in [1.82, 2.24) is 4.98 Å². The molecule has 3 aromatic rings. The SMILES string of the molecule is COc1ccc(CCC(=O)Nc2nc(-c3ccc4c(c3)NC(=O)C(C)O4)cs2)cc1OC. The molecule has 0 radical (unpaired) electrons. The van der Waals surface area contributed by atoms with E-state index in [1.165, 1.54) is 11.3 Å². The lowest BCUT2D eigenvalue weighted by Crippen LogP contribution is -2.34. The lowest BCUT2D eigenvalue weighted by atomic mass is 10.1. The van der Waals surface area contributed by atoms with Gasteiger partial charge < -0.3 is 24.8 Å². The number of hydrogen-bond donors (Lipinski definition) is 2. The number of aromatic nitrogens is 1. The Kier molecular flexibility index (Phi) is 6.27. The highest BCUT2D eigenvalue weighted by Gasteiger charge is 2.24. The molecule has 1 aliphatic heterocycles. The number of carbonyl (C=O) groups is 2. The maximum Gasteiger partial charge on any atom is 0.265 e. The van der Waals surface area contributed by atoms with E-state index in [9.17, 15) is 9.59 Å². The standard InChI is InChI=1S/C23H23N3O5S/c1-13-22(28)24-16-11-15(6-8-18(16)31-13)17-12-32-23(25-17)26-21(27)9-5-14-4-7-19(29-2)20(10-14)30-3/h4,6-8,10-13H,5,9H2,1-3H3,(H,24,28)(H,25,26,27). The minimum atomic E-state index is -0.520. The van der Waals surface area contributed by atoms with Crippen molar-refractivity contribution >= 4 is 34.0 Å². The van der Waals surface area contributed by atoms with E-state index in [4.69, 9.17) is 14.2 Å². The van der Waals surface area contributed by atoms with Crippen LogP contribution in [0.15, 0.2) is 41.8 Å². The van der Waals surface area contributed by atoms with Gasteiger partial charge in [-0.2, -0.15) is 0 Å². The van der Waals surface area contributed by atoms with Crippen LogP contribution in [0.2, 0.25) is 0 Å². The van der Waals surface area contributed by atoms with Crippen molar-refractivity contribution in [3.05, 3.63) is 47.3 Å². The Morgan fingerprint density at radius 1 is 1.19 bits per heavy atom. The summed E-state index contributed by atoms with van der Waals surface area (Å²) in [4.78, 5) is 28.8. The summed E-state index contributed by atoms with van der Waals surface area (Å²) in [7, 11) is 3.17. The highest BCUT2D eigenvalue weighted by atomic mass is 32.1. The highest BCUT2D eigenvalue weighted by molar-refractivity contribution is 7.14. The average Bonchev–Trinajstić information content (AvgIpc) is 3.26. The van der Waals surface area contributed by atoms with Gasteiger partial charge >= 0.3 is 0 Å². The van der Waals surface area contributed by atoms with Crippen LogP contribution in [0.4, 0.5) is 10.8 Å². The quantitative estimate of drug-likeness (QED) is 0.558. The van der Waals surface area contributed by atoms with Gasteiger partial charge in [-0.05, 0) is 49.2 Å². The summed E-state index contributed by atoms with van der Waals surface area (Å²) in [6.45, 7) is 1.70. The number of benzene rings is 2. The van der Waals surface area contributed by atoms with E-state index < -0.39 is 6.10 Å². The molecule has 1 unspecified atom stereocenters. The maximum absolute atomic E-state index is 12.4. The molecule has 2 heterocycles. The number of nitrogens with zero attached hydrogens (tertiary/aromatic N) is 1. The summed E-state index contributed by atoms with van der Waals surface area (Å²) < 4.78 is 16.1. The number of rotatable bonds is 7. The van der Waals surface area contributed by atoms with E-state index >= 15 is 0 Å². The number of amides is 2. The van der Waals surface area contributed by atoms with Gasteiger partial charge in [-0.15, -0.1) is 11.3 Å². The van der Waals surface area contributed by atoms with Gasteiger partial charge in [-0.3, -0.25) is 9.59 Å². The molecule has 1 atom stereocenters. The number of carbonyl (C=O) groups excluding carboxylic acids is 2. The van der Waals surface area contributed by atoms with E-state index in [-0.39, 0.29) is 11.8 Å². The van der Waals surface area contributed by atoms with Crippen molar-refractivity contribution in [2.45, 2.75) is 25.9 Å². The zero-order valence-corrected chi connectivity index (χ0v) is 18.7. The monoisotopic (exact) mass is 453 g/mol. The number of fused-ring (bicyclic) bond motifs is 1. The molecule has 2 aromatic carbocycles. The summed E-state index contributed by atoms with van der Waals surface area (Å²) in [5.41, 5.74) is 3.12. The van der Waals surface area contributed by atoms with Crippen LogP contribution in [-0.4, -0.2) is 37.1 Å². The molecule has 2 amide bonds. The van der Waals surface area contributed by atoms with Gasteiger partial charge in [-0.25, -0.2) is 4.98 Å². The first kappa shape index (κ1) is 21.6. The zero-order chi connectivity index (χ0) is 22.7. The minimum absolute atomic E-state index is 0.124. The largest absolute Gasteiger partial charge is 0.493 e. The number of thiazole rings is 1. The summed E-state index contributed by atoms with van der Waals surface area (Å²) in [5, 5.41) is 8.06. The van der Waals surface area contributed by atoms with Crippen molar-refractivity contribution in [2.24, 2.45) is 0 Å².